The standard InChI is InChI=1S/C14H9ClFN3O/c1-19-6-10(9-4-8(16)2-3-12(9)19)14(20)11-5-13(15)18-7-17-11/h2-7H,1H3. The molecule has 0 radical (unpaired) electrons. The molecular formula is C14H9ClFN3O. The summed E-state index contributed by atoms with van der Waals surface area (Å²) in [5.41, 5.74) is 1.34. The molecule has 0 unspecified atom stereocenters. The predicted octanol–water partition coefficient (Wildman–Crippen LogP) is 2.99. The molecule has 2 heterocycles. The number of benzene rings is 1. The van der Waals surface area contributed by atoms with Crippen LogP contribution in [0.3, 0.4) is 0 Å². The SMILES string of the molecule is Cn1cc(C(=O)c2cc(Cl)ncn2)c2cc(F)ccc21. The molecule has 0 aliphatic rings. The van der Waals surface area contributed by atoms with E-state index in [0.717, 1.165) is 5.52 Å². The van der Waals surface area contributed by atoms with Crippen molar-refractivity contribution in [3.8, 4) is 0 Å². The normalized spacial score (nSPS) is 10.9. The molecule has 100 valence electrons. The Kier molecular flexibility index (Phi) is 2.99. The van der Waals surface area contributed by atoms with Gasteiger partial charge in [0.2, 0.25) is 5.78 Å². The Labute approximate surface area is 118 Å². The van der Waals surface area contributed by atoms with Crippen LogP contribution in [-0.4, -0.2) is 20.3 Å². The van der Waals surface area contributed by atoms with Crippen molar-refractivity contribution in [3.63, 3.8) is 0 Å². The smallest absolute Gasteiger partial charge is 0.213 e. The van der Waals surface area contributed by atoms with Gasteiger partial charge in [-0.1, -0.05) is 11.6 Å². The summed E-state index contributed by atoms with van der Waals surface area (Å²) in [6, 6.07) is 5.72. The second kappa shape index (κ2) is 4.68. The van der Waals surface area contributed by atoms with Gasteiger partial charge in [-0.15, -0.1) is 0 Å². The minimum Gasteiger partial charge on any atom is -0.350 e. The zero-order valence-electron chi connectivity index (χ0n) is 10.5. The Morgan fingerprint density at radius 1 is 1.30 bits per heavy atom. The molecule has 0 fully saturated rings. The highest BCUT2D eigenvalue weighted by Crippen LogP contribution is 2.24. The molecule has 3 rings (SSSR count). The number of hydrogen-bond acceptors (Lipinski definition) is 3. The fraction of sp³-hybridized carbons (Fsp3) is 0.0714. The van der Waals surface area contributed by atoms with Gasteiger partial charge >= 0.3 is 0 Å². The van der Waals surface area contributed by atoms with Gasteiger partial charge in [0.15, 0.2) is 0 Å². The Morgan fingerprint density at radius 3 is 2.85 bits per heavy atom. The van der Waals surface area contributed by atoms with Crippen LogP contribution in [0.25, 0.3) is 10.9 Å². The molecule has 0 bridgehead atoms. The Bertz CT molecular complexity index is 828. The number of nitrogens with zero attached hydrogens (tertiary/aromatic N) is 3. The molecule has 0 amide bonds. The van der Waals surface area contributed by atoms with E-state index in [2.05, 4.69) is 9.97 Å². The van der Waals surface area contributed by atoms with Crippen LogP contribution in [0.4, 0.5) is 4.39 Å². The molecule has 0 saturated carbocycles. The second-order valence-electron chi connectivity index (χ2n) is 4.37. The first-order valence-corrected chi connectivity index (χ1v) is 6.21. The van der Waals surface area contributed by atoms with E-state index in [4.69, 9.17) is 11.6 Å². The first-order chi connectivity index (χ1) is 9.56. The molecule has 0 N–H and O–H groups in total. The van der Waals surface area contributed by atoms with Crippen LogP contribution in [0.15, 0.2) is 36.8 Å². The maximum absolute atomic E-state index is 13.4. The van der Waals surface area contributed by atoms with E-state index in [1.54, 1.807) is 23.9 Å². The second-order valence-corrected chi connectivity index (χ2v) is 4.76. The van der Waals surface area contributed by atoms with E-state index in [1.165, 1.54) is 24.5 Å². The minimum atomic E-state index is -0.390. The van der Waals surface area contributed by atoms with E-state index >= 15 is 0 Å². The summed E-state index contributed by atoms with van der Waals surface area (Å²) < 4.78 is 15.2. The number of fused-ring (bicyclic) bond motifs is 1. The van der Waals surface area contributed by atoms with Gasteiger partial charge in [-0.05, 0) is 18.2 Å². The number of halogens is 2. The lowest BCUT2D eigenvalue weighted by Crippen LogP contribution is -2.04. The van der Waals surface area contributed by atoms with E-state index < -0.39 is 5.82 Å². The highest BCUT2D eigenvalue weighted by molar-refractivity contribution is 6.30. The third-order valence-corrected chi connectivity index (χ3v) is 3.27. The summed E-state index contributed by atoms with van der Waals surface area (Å²) in [6.07, 6.45) is 2.88. The van der Waals surface area contributed by atoms with Gasteiger partial charge in [0, 0.05) is 35.8 Å². The highest BCUT2D eigenvalue weighted by atomic mass is 35.5. The van der Waals surface area contributed by atoms with Crippen LogP contribution in [-0.2, 0) is 7.05 Å². The molecule has 0 atom stereocenters. The van der Waals surface area contributed by atoms with E-state index in [1.807, 2.05) is 0 Å². The summed E-state index contributed by atoms with van der Waals surface area (Å²) >= 11 is 5.76. The molecule has 2 aromatic heterocycles. The Hall–Kier alpha value is -2.27. The summed E-state index contributed by atoms with van der Waals surface area (Å²) in [7, 11) is 1.80. The maximum Gasteiger partial charge on any atom is 0.213 e. The average molecular weight is 290 g/mol. The van der Waals surface area contributed by atoms with Crippen LogP contribution in [0, 0.1) is 5.82 Å². The fourth-order valence-electron chi connectivity index (χ4n) is 2.14. The fourth-order valence-corrected chi connectivity index (χ4v) is 2.29. The van der Waals surface area contributed by atoms with Crippen molar-refractivity contribution in [1.82, 2.24) is 14.5 Å². The molecule has 20 heavy (non-hydrogen) atoms. The lowest BCUT2D eigenvalue weighted by molar-refractivity contribution is 0.103. The molecule has 4 nitrogen and oxygen atoms in total. The summed E-state index contributed by atoms with van der Waals surface area (Å²) in [5, 5.41) is 0.738. The highest BCUT2D eigenvalue weighted by Gasteiger charge is 2.17. The van der Waals surface area contributed by atoms with Gasteiger partial charge in [-0.2, -0.15) is 0 Å². The topological polar surface area (TPSA) is 47.8 Å². The first-order valence-electron chi connectivity index (χ1n) is 5.83. The van der Waals surface area contributed by atoms with Crippen molar-refractivity contribution < 1.29 is 9.18 Å². The van der Waals surface area contributed by atoms with Crippen molar-refractivity contribution in [2.75, 3.05) is 0 Å². The summed E-state index contributed by atoms with van der Waals surface area (Å²) in [4.78, 5) is 20.1. The first kappa shape index (κ1) is 12.7. The minimum absolute atomic E-state index is 0.182. The van der Waals surface area contributed by atoms with Crippen molar-refractivity contribution in [3.05, 3.63) is 59.0 Å². The van der Waals surface area contributed by atoms with Crippen molar-refractivity contribution in [2.24, 2.45) is 7.05 Å². The van der Waals surface area contributed by atoms with Crippen LogP contribution >= 0.6 is 11.6 Å². The molecule has 3 aromatic rings. The molecule has 0 saturated heterocycles. The van der Waals surface area contributed by atoms with Crippen LogP contribution in [0.5, 0.6) is 0 Å². The van der Waals surface area contributed by atoms with E-state index in [9.17, 15) is 9.18 Å². The third-order valence-electron chi connectivity index (χ3n) is 3.06. The van der Waals surface area contributed by atoms with Crippen molar-refractivity contribution in [1.29, 1.82) is 0 Å². The quantitative estimate of drug-likeness (QED) is 0.538. The average Bonchev–Trinajstić information content (AvgIpc) is 2.74. The molecular weight excluding hydrogens is 281 g/mol. The zero-order chi connectivity index (χ0) is 14.3. The van der Waals surface area contributed by atoms with Gasteiger partial charge in [0.05, 0.1) is 0 Å². The molecule has 0 aliphatic heterocycles. The number of ketones is 1. The monoisotopic (exact) mass is 289 g/mol. The molecule has 6 heteroatoms. The van der Waals surface area contributed by atoms with Crippen LogP contribution < -0.4 is 0 Å². The van der Waals surface area contributed by atoms with Gasteiger partial charge in [0.25, 0.3) is 0 Å². The molecule has 0 spiro atoms. The van der Waals surface area contributed by atoms with Gasteiger partial charge in [0.1, 0.15) is 23.0 Å². The summed E-state index contributed by atoms with van der Waals surface area (Å²) in [6.45, 7) is 0. The maximum atomic E-state index is 13.4. The van der Waals surface area contributed by atoms with Gasteiger partial charge in [-0.25, -0.2) is 14.4 Å². The number of rotatable bonds is 2. The zero-order valence-corrected chi connectivity index (χ0v) is 11.2. The van der Waals surface area contributed by atoms with E-state index in [0.29, 0.717) is 10.9 Å². The predicted molar refractivity (Wildman–Crippen MR) is 73.4 cm³/mol. The number of carbonyl (C=O) groups is 1. The Morgan fingerprint density at radius 2 is 2.10 bits per heavy atom. The lowest BCUT2D eigenvalue weighted by Gasteiger charge is -1.99. The third kappa shape index (κ3) is 2.06. The van der Waals surface area contributed by atoms with E-state index in [-0.39, 0.29) is 16.6 Å². The van der Waals surface area contributed by atoms with Crippen molar-refractivity contribution >= 4 is 28.3 Å². The molecule has 1 aromatic carbocycles. The summed E-state index contributed by atoms with van der Waals surface area (Å²) in [5.74, 6) is -0.705. The number of carbonyl (C=O) groups excluding carboxylic acids is 1. The van der Waals surface area contributed by atoms with Gasteiger partial charge < -0.3 is 4.57 Å². The number of hydrogen-bond donors (Lipinski definition) is 0. The lowest BCUT2D eigenvalue weighted by atomic mass is 10.1. The largest absolute Gasteiger partial charge is 0.350 e. The van der Waals surface area contributed by atoms with Crippen LogP contribution in [0.2, 0.25) is 5.15 Å². The van der Waals surface area contributed by atoms with Crippen molar-refractivity contribution in [2.45, 2.75) is 0 Å². The number of aromatic nitrogens is 3. The molecule has 0 aliphatic carbocycles. The van der Waals surface area contributed by atoms with Gasteiger partial charge in [-0.3, -0.25) is 4.79 Å². The van der Waals surface area contributed by atoms with Crippen LogP contribution in [0.1, 0.15) is 16.1 Å². The Balaban J connectivity index is 2.19. The number of aryl methyl sites for hydroxylation is 1.